The summed E-state index contributed by atoms with van der Waals surface area (Å²) in [5.74, 6) is -2.39. The molecular weight excluding hydrogens is 251 g/mol. The zero-order valence-electron chi connectivity index (χ0n) is 5.62. The average Bonchev–Trinajstić information content (AvgIpc) is 1.88. The lowest BCUT2D eigenvalue weighted by molar-refractivity contribution is -0.403. The van der Waals surface area contributed by atoms with Crippen molar-refractivity contribution in [2.24, 2.45) is 0 Å². The third-order valence-electron chi connectivity index (χ3n) is 1.76. The fourth-order valence-electron chi connectivity index (χ4n) is 1.000. The van der Waals surface area contributed by atoms with Gasteiger partial charge < -0.3 is 27.5 Å². The van der Waals surface area contributed by atoms with Crippen molar-refractivity contribution in [1.82, 2.24) is 4.90 Å². The van der Waals surface area contributed by atoms with E-state index in [1.54, 1.807) is 0 Å². The number of nitrogens with zero attached hydrogens (tertiary/aromatic N) is 1. The Hall–Kier alpha value is 0.550. The number of rotatable bonds is 1. The number of halogens is 3. The fraction of sp³-hybridized carbons (Fsp3) is 1.00. The summed E-state index contributed by atoms with van der Waals surface area (Å²) in [6.07, 6.45) is 0.0754. The fourth-order valence-corrected chi connectivity index (χ4v) is 1.68. The first-order chi connectivity index (χ1) is 4.64. The molecule has 0 aromatic heterocycles. The van der Waals surface area contributed by atoms with Crippen molar-refractivity contribution in [2.45, 2.75) is 18.8 Å². The van der Waals surface area contributed by atoms with Gasteiger partial charge in [0.2, 0.25) is 0 Å². The summed E-state index contributed by atoms with van der Waals surface area (Å²) in [6.45, 7) is 1.10. The second-order valence-corrected chi connectivity index (χ2v) is 3.28. The standard InChI is InChI=1S/C6H10F2IN/c7-6(8)1-3-10(5-9)4-2-6/h1-5H2/q-1. The van der Waals surface area contributed by atoms with E-state index in [0.29, 0.717) is 13.1 Å². The van der Waals surface area contributed by atoms with Crippen LogP contribution in [0.5, 0.6) is 0 Å². The zero-order valence-corrected chi connectivity index (χ0v) is 7.77. The van der Waals surface area contributed by atoms with Crippen molar-refractivity contribution >= 4 is 0 Å². The molecule has 0 unspecified atom stereocenters. The smallest absolute Gasteiger partial charge is 0.250 e. The SMILES string of the molecule is FC1(F)CCN(C[I-])CC1. The first-order valence-electron chi connectivity index (χ1n) is 3.30. The maximum atomic E-state index is 12.5. The number of hydrogen-bond acceptors (Lipinski definition) is 1. The maximum Gasteiger partial charge on any atom is 0.250 e. The van der Waals surface area contributed by atoms with Crippen molar-refractivity contribution in [1.29, 1.82) is 0 Å². The second-order valence-electron chi connectivity index (χ2n) is 2.59. The molecule has 4 heteroatoms. The molecule has 1 aliphatic heterocycles. The molecule has 0 amide bonds. The first kappa shape index (κ1) is 8.64. The van der Waals surface area contributed by atoms with E-state index in [2.05, 4.69) is 22.6 Å². The van der Waals surface area contributed by atoms with Crippen molar-refractivity contribution < 1.29 is 31.4 Å². The lowest BCUT2D eigenvalue weighted by Crippen LogP contribution is -3.36. The summed E-state index contributed by atoms with van der Waals surface area (Å²) in [7, 11) is 0. The van der Waals surface area contributed by atoms with Gasteiger partial charge in [-0.1, -0.05) is 0 Å². The monoisotopic (exact) mass is 261 g/mol. The summed E-state index contributed by atoms with van der Waals surface area (Å²) in [4.78, 5) is 2.04. The van der Waals surface area contributed by atoms with Gasteiger partial charge in [0.1, 0.15) is 0 Å². The minimum absolute atomic E-state index is 0.0377. The molecule has 1 nitrogen and oxygen atoms in total. The van der Waals surface area contributed by atoms with Crippen molar-refractivity contribution in [3.8, 4) is 0 Å². The van der Waals surface area contributed by atoms with E-state index >= 15 is 0 Å². The van der Waals surface area contributed by atoms with E-state index in [1.807, 2.05) is 4.90 Å². The summed E-state index contributed by atoms with van der Waals surface area (Å²) < 4.78 is 25.8. The lowest BCUT2D eigenvalue weighted by Gasteiger charge is -2.33. The Morgan fingerprint density at radius 3 is 2.20 bits per heavy atom. The van der Waals surface area contributed by atoms with Crippen LogP contribution in [0.15, 0.2) is 0 Å². The highest BCUT2D eigenvalue weighted by Crippen LogP contribution is 2.26. The van der Waals surface area contributed by atoms with Crippen LogP contribution in [-0.4, -0.2) is 28.5 Å². The summed E-state index contributed by atoms with van der Waals surface area (Å²) in [5.41, 5.74) is 0. The second kappa shape index (κ2) is 3.30. The van der Waals surface area contributed by atoms with Gasteiger partial charge >= 0.3 is 0 Å². The van der Waals surface area contributed by atoms with E-state index < -0.39 is 5.92 Å². The number of piperidine rings is 1. The minimum Gasteiger partial charge on any atom is -0.781 e. The molecule has 0 saturated carbocycles. The normalized spacial score (nSPS) is 26.7. The molecule has 10 heavy (non-hydrogen) atoms. The van der Waals surface area contributed by atoms with Crippen LogP contribution in [0.3, 0.4) is 0 Å². The van der Waals surface area contributed by atoms with E-state index in [0.717, 1.165) is 4.55 Å². The van der Waals surface area contributed by atoms with Crippen molar-refractivity contribution in [3.05, 3.63) is 0 Å². The predicted octanol–water partition coefficient (Wildman–Crippen LogP) is -1.77. The van der Waals surface area contributed by atoms with Crippen molar-refractivity contribution in [2.75, 3.05) is 17.6 Å². The third kappa shape index (κ3) is 2.30. The average molecular weight is 261 g/mol. The Kier molecular flexibility index (Phi) is 2.85. The number of likely N-dealkylation sites (tertiary alicyclic amines) is 1. The van der Waals surface area contributed by atoms with Gasteiger partial charge in [0, 0.05) is 25.9 Å². The summed E-state index contributed by atoms with van der Waals surface area (Å²) in [5, 5.41) is 0. The summed E-state index contributed by atoms with van der Waals surface area (Å²) in [6, 6.07) is 0. The predicted molar refractivity (Wildman–Crippen MR) is 30.6 cm³/mol. The first-order valence-corrected chi connectivity index (χ1v) is 4.83. The molecule has 0 aliphatic carbocycles. The molecule has 0 aromatic rings. The molecule has 1 rings (SSSR count). The van der Waals surface area contributed by atoms with Gasteiger partial charge in [-0.25, -0.2) is 8.78 Å². The molecule has 0 spiro atoms. The molecule has 1 heterocycles. The molecule has 61 valence electrons. The topological polar surface area (TPSA) is 3.24 Å². The van der Waals surface area contributed by atoms with Crippen LogP contribution < -0.4 is 22.6 Å². The van der Waals surface area contributed by atoms with E-state index in [4.69, 9.17) is 0 Å². The van der Waals surface area contributed by atoms with Gasteiger partial charge in [-0.15, -0.1) is 4.55 Å². The Morgan fingerprint density at radius 2 is 1.80 bits per heavy atom. The van der Waals surface area contributed by atoms with E-state index in [1.165, 1.54) is 0 Å². The molecule has 0 bridgehead atoms. The largest absolute Gasteiger partial charge is 0.781 e. The van der Waals surface area contributed by atoms with Crippen LogP contribution in [0.1, 0.15) is 12.8 Å². The molecular formula is C6H10F2IN-. The van der Waals surface area contributed by atoms with Gasteiger partial charge in [-0.2, -0.15) is 0 Å². The van der Waals surface area contributed by atoms with Gasteiger partial charge in [-0.05, 0) is 0 Å². The van der Waals surface area contributed by atoms with Gasteiger partial charge in [0.15, 0.2) is 0 Å². The Bertz CT molecular complexity index is 108. The van der Waals surface area contributed by atoms with E-state index in [9.17, 15) is 8.78 Å². The van der Waals surface area contributed by atoms with Crippen LogP contribution in [0, 0.1) is 0 Å². The maximum absolute atomic E-state index is 12.5. The van der Waals surface area contributed by atoms with Crippen LogP contribution in [0.4, 0.5) is 8.78 Å². The third-order valence-corrected chi connectivity index (χ3v) is 2.72. The van der Waals surface area contributed by atoms with Crippen LogP contribution in [0.2, 0.25) is 0 Å². The Balaban J connectivity index is 2.31. The Labute approximate surface area is 72.9 Å². The number of hydrogen-bond donors (Lipinski definition) is 0. The number of alkyl halides is 3. The quantitative estimate of drug-likeness (QED) is 0.307. The molecule has 1 saturated heterocycles. The molecule has 1 aliphatic rings. The molecule has 0 N–H and O–H groups in total. The minimum atomic E-state index is -2.39. The van der Waals surface area contributed by atoms with E-state index in [-0.39, 0.29) is 12.8 Å². The van der Waals surface area contributed by atoms with Crippen LogP contribution in [-0.2, 0) is 0 Å². The molecule has 0 aromatic carbocycles. The van der Waals surface area contributed by atoms with Gasteiger partial charge in [0.25, 0.3) is 5.92 Å². The summed E-state index contributed by atoms with van der Waals surface area (Å²) >= 11 is 2.20. The lowest BCUT2D eigenvalue weighted by atomic mass is 10.1. The highest BCUT2D eigenvalue weighted by atomic mass is 127. The molecule has 1 radical (unpaired) electrons. The molecule has 1 fully saturated rings. The molecule has 0 atom stereocenters. The highest BCUT2D eigenvalue weighted by molar-refractivity contribution is 4.75. The zero-order chi connectivity index (χ0) is 7.61. The Morgan fingerprint density at radius 1 is 1.30 bits per heavy atom. The van der Waals surface area contributed by atoms with Gasteiger partial charge in [0.05, 0.1) is 0 Å². The van der Waals surface area contributed by atoms with Gasteiger partial charge in [-0.3, -0.25) is 0 Å². The highest BCUT2D eigenvalue weighted by Gasteiger charge is 2.32. The van der Waals surface area contributed by atoms with Crippen LogP contribution in [0.25, 0.3) is 0 Å². The van der Waals surface area contributed by atoms with Crippen molar-refractivity contribution in [3.63, 3.8) is 0 Å². The van der Waals surface area contributed by atoms with Crippen LogP contribution >= 0.6 is 0 Å².